The van der Waals surface area contributed by atoms with Crippen LogP contribution in [0.5, 0.6) is 0 Å². The van der Waals surface area contributed by atoms with Crippen LogP contribution in [0.4, 0.5) is 0 Å². The molecular weight excluding hydrogens is 600 g/mol. The monoisotopic (exact) mass is 616 g/mol. The van der Waals surface area contributed by atoms with Gasteiger partial charge in [-0.25, -0.2) is 0 Å². The summed E-state index contributed by atoms with van der Waals surface area (Å²) in [5.41, 5.74) is 0. The molecule has 33 heavy (non-hydrogen) atoms. The molecule has 2 saturated carbocycles. The van der Waals surface area contributed by atoms with Crippen LogP contribution in [0.1, 0.15) is 6.42 Å². The molecule has 0 amide bonds. The molecule has 184 valence electrons. The van der Waals surface area contributed by atoms with Crippen LogP contribution in [0.15, 0.2) is 32.3 Å². The number of hydrogen-bond acceptors (Lipinski definition) is 4. The number of alkyl halides is 4. The third-order valence-electron chi connectivity index (χ3n) is 8.57. The molecule has 5 rings (SSSR count). The smallest absolute Gasteiger partial charge is 0.218 e. The second-order valence-corrected chi connectivity index (χ2v) is 12.9. The van der Waals surface area contributed by atoms with Crippen molar-refractivity contribution < 1.29 is 18.9 Å². The van der Waals surface area contributed by atoms with Gasteiger partial charge in [0.25, 0.3) is 0 Å². The van der Waals surface area contributed by atoms with E-state index in [1.807, 2.05) is 12.2 Å². The second-order valence-electron chi connectivity index (χ2n) is 9.04. The lowest BCUT2D eigenvalue weighted by Crippen LogP contribution is -2.58. The molecule has 0 aromatic carbocycles. The number of methoxy groups -OCH3 is 4. The first kappa shape index (κ1) is 26.0. The average molecular weight is 620 g/mol. The summed E-state index contributed by atoms with van der Waals surface area (Å²) >= 11 is 56.0. The Morgan fingerprint density at radius 1 is 0.576 bits per heavy atom. The summed E-state index contributed by atoms with van der Waals surface area (Å²) in [7, 11) is 5.85. The molecule has 0 aliphatic heterocycles. The van der Waals surface area contributed by atoms with Crippen molar-refractivity contribution in [1.82, 2.24) is 0 Å². The fourth-order valence-corrected chi connectivity index (χ4v) is 11.8. The molecule has 0 unspecified atom stereocenters. The Morgan fingerprint density at radius 3 is 1.12 bits per heavy atom. The molecule has 4 nitrogen and oxygen atoms in total. The van der Waals surface area contributed by atoms with Gasteiger partial charge < -0.3 is 18.9 Å². The van der Waals surface area contributed by atoms with Crippen molar-refractivity contribution in [3.8, 4) is 0 Å². The highest BCUT2D eigenvalue weighted by Gasteiger charge is 2.88. The number of allylic oxidation sites excluding steroid dienone is 2. The fourth-order valence-electron chi connectivity index (χ4n) is 7.36. The minimum absolute atomic E-state index is 0.175. The number of ether oxygens (including phenoxy) is 4. The van der Waals surface area contributed by atoms with E-state index in [4.69, 9.17) is 112 Å². The Bertz CT molecular complexity index is 944. The third kappa shape index (κ3) is 2.19. The highest BCUT2D eigenvalue weighted by atomic mass is 35.5. The van der Waals surface area contributed by atoms with Crippen LogP contribution >= 0.6 is 92.8 Å². The summed E-state index contributed by atoms with van der Waals surface area (Å²) in [5, 5.41) is 0.719. The predicted molar refractivity (Wildman–Crippen MR) is 133 cm³/mol. The summed E-state index contributed by atoms with van der Waals surface area (Å²) in [6, 6.07) is 0. The van der Waals surface area contributed by atoms with E-state index in [2.05, 4.69) is 0 Å². The van der Waals surface area contributed by atoms with Crippen molar-refractivity contribution in [1.29, 1.82) is 0 Å². The predicted octanol–water partition coefficient (Wildman–Crippen LogP) is 6.73. The maximum atomic E-state index is 7.33. The lowest BCUT2D eigenvalue weighted by Gasteiger charge is -2.43. The fraction of sp³-hybridized carbons (Fsp3) is 0.714. The Morgan fingerprint density at radius 2 is 0.848 bits per heavy atom. The van der Waals surface area contributed by atoms with E-state index in [-0.39, 0.29) is 20.1 Å². The van der Waals surface area contributed by atoms with Crippen molar-refractivity contribution in [3.05, 3.63) is 32.3 Å². The molecule has 2 fully saturated rings. The summed E-state index contributed by atoms with van der Waals surface area (Å²) in [6.45, 7) is 0. The van der Waals surface area contributed by atoms with Gasteiger partial charge in [-0.15, -0.1) is 46.4 Å². The zero-order valence-corrected chi connectivity index (χ0v) is 23.9. The Balaban J connectivity index is 1.75. The van der Waals surface area contributed by atoms with Gasteiger partial charge in [0.1, 0.15) is 19.5 Å². The standard InChI is InChI=1S/C21H20Cl8O4/c1-30-20(31-2)16(26)8-5-6-9-11(7-10(8)18(20,28)14(24)12(16)22)19(29)15(25)13(23)17(9,27)21(19,32-3)33-4/h5-6,8-11H,7H2,1-4H3/t8-,9+,10+,11-,16-,17+,18+,19-. The van der Waals surface area contributed by atoms with Gasteiger partial charge in [0.15, 0.2) is 0 Å². The topological polar surface area (TPSA) is 36.9 Å². The maximum absolute atomic E-state index is 7.33. The van der Waals surface area contributed by atoms with Gasteiger partial charge in [-0.05, 0) is 18.3 Å². The van der Waals surface area contributed by atoms with Crippen molar-refractivity contribution in [2.24, 2.45) is 23.7 Å². The molecule has 5 aliphatic carbocycles. The van der Waals surface area contributed by atoms with Crippen LogP contribution in [0.3, 0.4) is 0 Å². The normalized spacial score (nSPS) is 50.8. The molecule has 8 atom stereocenters. The summed E-state index contributed by atoms with van der Waals surface area (Å²) in [6.07, 6.45) is 4.22. The summed E-state index contributed by atoms with van der Waals surface area (Å²) in [5.74, 6) is -4.74. The van der Waals surface area contributed by atoms with Gasteiger partial charge in [-0.3, -0.25) is 0 Å². The zero-order valence-electron chi connectivity index (χ0n) is 17.8. The molecule has 5 aliphatic rings. The van der Waals surface area contributed by atoms with E-state index in [1.165, 1.54) is 28.4 Å². The van der Waals surface area contributed by atoms with Crippen LogP contribution in [0.25, 0.3) is 0 Å². The largest absolute Gasteiger partial charge is 0.350 e. The van der Waals surface area contributed by atoms with Crippen LogP contribution in [-0.4, -0.2) is 59.5 Å². The minimum atomic E-state index is -1.53. The highest BCUT2D eigenvalue weighted by molar-refractivity contribution is 6.53. The van der Waals surface area contributed by atoms with Crippen LogP contribution in [0, 0.1) is 23.7 Å². The number of rotatable bonds is 4. The number of fused-ring (bicyclic) bond motifs is 10. The highest BCUT2D eigenvalue weighted by Crippen LogP contribution is 2.80. The molecule has 0 N–H and O–H groups in total. The van der Waals surface area contributed by atoms with Crippen molar-refractivity contribution in [2.45, 2.75) is 37.5 Å². The van der Waals surface area contributed by atoms with Crippen molar-refractivity contribution in [3.63, 3.8) is 0 Å². The van der Waals surface area contributed by atoms with Gasteiger partial charge in [-0.1, -0.05) is 58.6 Å². The average Bonchev–Trinajstić information content (AvgIpc) is 3.08. The maximum Gasteiger partial charge on any atom is 0.218 e. The zero-order chi connectivity index (χ0) is 24.6. The quantitative estimate of drug-likeness (QED) is 0.199. The molecule has 0 radical (unpaired) electrons. The van der Waals surface area contributed by atoms with Crippen molar-refractivity contribution >= 4 is 92.8 Å². The number of hydrogen-bond donors (Lipinski definition) is 0. The second kappa shape index (κ2) is 7.48. The first-order valence-corrected chi connectivity index (χ1v) is 13.1. The Hall–Kier alpha value is 1.38. The van der Waals surface area contributed by atoms with Gasteiger partial charge in [0.2, 0.25) is 11.6 Å². The lowest BCUT2D eigenvalue weighted by atomic mass is 9.73. The SMILES string of the molecule is COC1(OC)[C@@]2(Cl)C(Cl)=C(Cl)[C@]1(Cl)[C@@H]1C=C[C@H]3[C@@H](C[C@@H]12)[C@@]1(Cl)C(Cl)=C(Cl)[C@]3(Cl)C1(OC)OC. The van der Waals surface area contributed by atoms with Crippen LogP contribution in [-0.2, 0) is 18.9 Å². The lowest BCUT2D eigenvalue weighted by molar-refractivity contribution is -0.222. The molecule has 4 bridgehead atoms. The summed E-state index contributed by atoms with van der Waals surface area (Å²) < 4.78 is 23.4. The molecule has 0 heterocycles. The van der Waals surface area contributed by atoms with E-state index in [0.29, 0.717) is 6.42 Å². The van der Waals surface area contributed by atoms with E-state index in [0.717, 1.165) is 0 Å². The van der Waals surface area contributed by atoms with Gasteiger partial charge >= 0.3 is 0 Å². The van der Waals surface area contributed by atoms with E-state index >= 15 is 0 Å². The van der Waals surface area contributed by atoms with E-state index < -0.39 is 54.7 Å². The molecule has 0 saturated heterocycles. The molecule has 0 spiro atoms. The first-order valence-electron chi connectivity index (χ1n) is 10.1. The Kier molecular flexibility index (Phi) is 5.90. The molecule has 12 heteroatoms. The molecular formula is C21H20Cl8O4. The van der Waals surface area contributed by atoms with E-state index in [9.17, 15) is 0 Å². The van der Waals surface area contributed by atoms with Gasteiger partial charge in [-0.2, -0.15) is 0 Å². The first-order chi connectivity index (χ1) is 15.3. The van der Waals surface area contributed by atoms with Gasteiger partial charge in [0.05, 0.1) is 20.1 Å². The molecule has 0 aromatic rings. The minimum Gasteiger partial charge on any atom is -0.350 e. The summed E-state index contributed by atoms with van der Waals surface area (Å²) in [4.78, 5) is -5.57. The van der Waals surface area contributed by atoms with Crippen molar-refractivity contribution in [2.75, 3.05) is 28.4 Å². The van der Waals surface area contributed by atoms with E-state index in [1.54, 1.807) is 0 Å². The van der Waals surface area contributed by atoms with Gasteiger partial charge in [0, 0.05) is 40.3 Å². The molecule has 0 aromatic heterocycles. The van der Waals surface area contributed by atoms with Crippen LogP contribution < -0.4 is 0 Å². The Labute approximate surface area is 232 Å². The third-order valence-corrected chi connectivity index (χ3v) is 13.9. The van der Waals surface area contributed by atoms with Crippen LogP contribution in [0.2, 0.25) is 0 Å². The number of halogens is 8.